The van der Waals surface area contributed by atoms with E-state index in [2.05, 4.69) is 0 Å². The predicted molar refractivity (Wildman–Crippen MR) is 95.7 cm³/mol. The van der Waals surface area contributed by atoms with Gasteiger partial charge >= 0.3 is 147 Å². The molecule has 4 aromatic rings. The van der Waals surface area contributed by atoms with Crippen LogP contribution in [0.15, 0.2) is 79.5 Å². The van der Waals surface area contributed by atoms with Crippen LogP contribution in [-0.4, -0.2) is 26.3 Å². The van der Waals surface area contributed by atoms with E-state index in [1.807, 2.05) is 24.3 Å². The zero-order valence-corrected chi connectivity index (χ0v) is 15.6. The van der Waals surface area contributed by atoms with E-state index in [0.29, 0.717) is 30.9 Å². The van der Waals surface area contributed by atoms with Gasteiger partial charge in [0.1, 0.15) is 0 Å². The molecule has 0 unspecified atom stereocenters. The molecule has 6 heteroatoms. The Labute approximate surface area is 147 Å². The van der Waals surface area contributed by atoms with Gasteiger partial charge in [-0.1, -0.05) is 0 Å². The molecule has 0 N–H and O–H groups in total. The molecule has 0 spiro atoms. The minimum atomic E-state index is -0.144. The van der Waals surface area contributed by atoms with Gasteiger partial charge in [0.15, 0.2) is 0 Å². The van der Waals surface area contributed by atoms with Gasteiger partial charge in [-0.2, -0.15) is 0 Å². The van der Waals surface area contributed by atoms with Gasteiger partial charge in [-0.05, 0) is 0 Å². The Kier molecular flexibility index (Phi) is 4.13. The van der Waals surface area contributed by atoms with Crippen molar-refractivity contribution < 1.29 is 8.83 Å². The topological polar surface area (TPSA) is 60.4 Å². The fourth-order valence-electron chi connectivity index (χ4n) is 2.33. The molecule has 0 saturated heterocycles. The molecule has 4 rings (SSSR count). The normalized spacial score (nSPS) is 11.2. The van der Waals surface area contributed by atoms with Crippen LogP contribution < -0.4 is 19.8 Å². The summed E-state index contributed by atoms with van der Waals surface area (Å²) in [6.07, 6.45) is 3.05. The molecule has 0 aliphatic rings. The molecule has 0 radical (unpaired) electrons. The second-order valence-corrected chi connectivity index (χ2v) is 11.2. The molecule has 4 nitrogen and oxygen atoms in total. The van der Waals surface area contributed by atoms with Crippen LogP contribution >= 0.6 is 0 Å². The summed E-state index contributed by atoms with van der Waals surface area (Å²) in [6, 6.07) is 14.4. The van der Waals surface area contributed by atoms with Gasteiger partial charge in [-0.25, -0.2) is 0 Å². The molecule has 118 valence electrons. The first-order valence-electron chi connectivity index (χ1n) is 7.09. The Morgan fingerprint density at radius 2 is 1.04 bits per heavy atom. The number of rotatable bonds is 3. The summed E-state index contributed by atoms with van der Waals surface area (Å²) in [5.74, 6) is 0. The third kappa shape index (κ3) is 2.74. The van der Waals surface area contributed by atoms with Gasteiger partial charge in [0, 0.05) is 0 Å². The first-order valence-corrected chi connectivity index (χ1v) is 13.1. The maximum atomic E-state index is 12.5. The predicted octanol–water partition coefficient (Wildman–Crippen LogP) is 1.17. The average Bonchev–Trinajstić information content (AvgIpc) is 2.63. The van der Waals surface area contributed by atoms with Crippen LogP contribution in [-0.2, 0) is 0 Å². The van der Waals surface area contributed by atoms with E-state index in [1.165, 1.54) is 12.5 Å². The van der Waals surface area contributed by atoms with Crippen molar-refractivity contribution in [1.29, 1.82) is 0 Å². The zero-order valence-electron chi connectivity index (χ0n) is 12.2. The van der Waals surface area contributed by atoms with Crippen LogP contribution in [0.3, 0.4) is 0 Å². The van der Waals surface area contributed by atoms with Crippen LogP contribution in [0.2, 0.25) is 0 Å². The monoisotopic (exact) mass is 450 g/mol. The van der Waals surface area contributed by atoms with Crippen molar-refractivity contribution in [3.8, 4) is 0 Å². The third-order valence-electron chi connectivity index (χ3n) is 3.52. The molecule has 0 saturated carbocycles. The molecule has 2 aromatic carbocycles. The summed E-state index contributed by atoms with van der Waals surface area (Å²) < 4.78 is 12.4. The van der Waals surface area contributed by atoms with E-state index in [-0.39, 0.29) is 37.1 Å². The number of benzene rings is 2. The molecule has 0 fully saturated rings. The van der Waals surface area contributed by atoms with Gasteiger partial charge < -0.3 is 0 Å². The van der Waals surface area contributed by atoms with Gasteiger partial charge in [-0.3, -0.25) is 0 Å². The van der Waals surface area contributed by atoms with Crippen molar-refractivity contribution in [2.24, 2.45) is 0 Å². The molecule has 24 heavy (non-hydrogen) atoms. The van der Waals surface area contributed by atoms with E-state index in [1.54, 1.807) is 24.3 Å². The van der Waals surface area contributed by atoms with Crippen LogP contribution in [0.4, 0.5) is 0 Å². The number of hydrogen-bond donors (Lipinski definition) is 0. The SMILES string of the molecule is O=c1c([Se][Se]c2coc3ccccc3c2=O)coc2ccccc12. The molecule has 2 heterocycles. The number of para-hydroxylation sites is 2. The zero-order chi connectivity index (χ0) is 16.5. The fourth-order valence-corrected chi connectivity index (χ4v) is 8.31. The van der Waals surface area contributed by atoms with Gasteiger partial charge in [0.05, 0.1) is 0 Å². The molecule has 0 aliphatic heterocycles. The summed E-state index contributed by atoms with van der Waals surface area (Å²) in [5, 5.41) is 1.16. The second-order valence-electron chi connectivity index (χ2n) is 5.02. The number of fused-ring (bicyclic) bond motifs is 2. The maximum absolute atomic E-state index is 12.5. The van der Waals surface area contributed by atoms with Crippen molar-refractivity contribution in [3.05, 3.63) is 81.5 Å². The van der Waals surface area contributed by atoms with E-state index in [4.69, 9.17) is 8.83 Å². The Morgan fingerprint density at radius 1 is 0.625 bits per heavy atom. The van der Waals surface area contributed by atoms with Crippen molar-refractivity contribution in [3.63, 3.8) is 0 Å². The Balaban J connectivity index is 1.68. The summed E-state index contributed by atoms with van der Waals surface area (Å²) in [7, 11) is 0. The third-order valence-corrected chi connectivity index (χ3v) is 10.5. The summed E-state index contributed by atoms with van der Waals surface area (Å²) in [6.45, 7) is 0. The average molecular weight is 448 g/mol. The molecule has 2 aromatic heterocycles. The molecular formula is C18H10O4Se2. The van der Waals surface area contributed by atoms with Crippen molar-refractivity contribution in [1.82, 2.24) is 0 Å². The van der Waals surface area contributed by atoms with Crippen molar-refractivity contribution in [2.75, 3.05) is 0 Å². The van der Waals surface area contributed by atoms with E-state index in [9.17, 15) is 9.59 Å². The number of hydrogen-bond acceptors (Lipinski definition) is 4. The summed E-state index contributed by atoms with van der Waals surface area (Å²) in [4.78, 5) is 25.0. The fraction of sp³-hybridized carbons (Fsp3) is 0. The van der Waals surface area contributed by atoms with E-state index in [0.717, 1.165) is 0 Å². The second kappa shape index (κ2) is 6.42. The van der Waals surface area contributed by atoms with Crippen LogP contribution in [0.1, 0.15) is 0 Å². The Bertz CT molecular complexity index is 1070. The van der Waals surface area contributed by atoms with Crippen molar-refractivity contribution >= 4 is 57.1 Å². The molecular weight excluding hydrogens is 438 g/mol. The molecule has 0 bridgehead atoms. The molecule has 0 amide bonds. The molecule has 0 aliphatic carbocycles. The quantitative estimate of drug-likeness (QED) is 0.442. The first kappa shape index (κ1) is 15.4. The van der Waals surface area contributed by atoms with Crippen LogP contribution in [0.5, 0.6) is 0 Å². The Hall–Kier alpha value is -2.10. The molecule has 0 atom stereocenters. The van der Waals surface area contributed by atoms with Gasteiger partial charge in [0.25, 0.3) is 0 Å². The first-order chi connectivity index (χ1) is 11.7. The summed E-state index contributed by atoms with van der Waals surface area (Å²) in [5.41, 5.74) is 1.15. The van der Waals surface area contributed by atoms with Gasteiger partial charge in [-0.15, -0.1) is 0 Å². The van der Waals surface area contributed by atoms with E-state index >= 15 is 0 Å². The Morgan fingerprint density at radius 3 is 1.50 bits per heavy atom. The summed E-state index contributed by atoms with van der Waals surface area (Å²) >= 11 is -0.288. The standard InChI is InChI=1S/C18H10O4Se2/c19-17-11-5-1-3-7-13(11)21-9-15(17)23-24-16-10-22-14-8-4-2-6-12(14)18(16)20/h1-10H. The van der Waals surface area contributed by atoms with Crippen LogP contribution in [0, 0.1) is 0 Å². The minimum absolute atomic E-state index is 0.0103. The van der Waals surface area contributed by atoms with Gasteiger partial charge in [0.2, 0.25) is 0 Å². The van der Waals surface area contributed by atoms with Crippen LogP contribution in [0.25, 0.3) is 21.9 Å². The van der Waals surface area contributed by atoms with E-state index < -0.39 is 0 Å². The van der Waals surface area contributed by atoms with Crippen molar-refractivity contribution in [2.45, 2.75) is 0 Å².